The lowest BCUT2D eigenvalue weighted by molar-refractivity contribution is 0.0626. The molecule has 1 saturated carbocycles. The quantitative estimate of drug-likeness (QED) is 0.848. The Labute approximate surface area is 114 Å². The van der Waals surface area contributed by atoms with Gasteiger partial charge in [0, 0.05) is 19.7 Å². The van der Waals surface area contributed by atoms with Crippen molar-refractivity contribution in [3.63, 3.8) is 0 Å². The van der Waals surface area contributed by atoms with Crippen molar-refractivity contribution in [2.24, 2.45) is 0 Å². The van der Waals surface area contributed by atoms with E-state index >= 15 is 0 Å². The minimum atomic E-state index is 0. The van der Waals surface area contributed by atoms with Crippen LogP contribution >= 0.6 is 23.7 Å². The van der Waals surface area contributed by atoms with Gasteiger partial charge in [0.05, 0.1) is 6.10 Å². The summed E-state index contributed by atoms with van der Waals surface area (Å²) in [5, 5.41) is 8.00. The van der Waals surface area contributed by atoms with Gasteiger partial charge >= 0.3 is 0 Å². The minimum absolute atomic E-state index is 0. The molecule has 2 unspecified atom stereocenters. The summed E-state index contributed by atoms with van der Waals surface area (Å²) < 4.78 is 5.59. The third-order valence-corrected chi connectivity index (χ3v) is 4.14. The standard InChI is InChI=1S/C13H21NOS.ClH/c1-15-13-6-4-2-3-5-12(13)14-9-11-7-8-16-10-11;/h7-8,10,12-14H,2-6,9H2,1H3;1H. The van der Waals surface area contributed by atoms with E-state index in [2.05, 4.69) is 22.1 Å². The van der Waals surface area contributed by atoms with E-state index in [0.29, 0.717) is 12.1 Å². The predicted molar refractivity (Wildman–Crippen MR) is 76.1 cm³/mol. The highest BCUT2D eigenvalue weighted by molar-refractivity contribution is 7.07. The maximum Gasteiger partial charge on any atom is 0.0724 e. The van der Waals surface area contributed by atoms with Crippen LogP contribution < -0.4 is 5.32 Å². The van der Waals surface area contributed by atoms with Crippen LogP contribution in [0.1, 0.15) is 37.7 Å². The van der Waals surface area contributed by atoms with Crippen molar-refractivity contribution in [3.05, 3.63) is 22.4 Å². The number of thiophene rings is 1. The summed E-state index contributed by atoms with van der Waals surface area (Å²) in [7, 11) is 1.84. The van der Waals surface area contributed by atoms with Gasteiger partial charge in [0.15, 0.2) is 0 Å². The normalized spacial score (nSPS) is 25.0. The van der Waals surface area contributed by atoms with Crippen LogP contribution in [0.3, 0.4) is 0 Å². The molecule has 0 aliphatic heterocycles. The summed E-state index contributed by atoms with van der Waals surface area (Å²) in [6.45, 7) is 0.980. The SMILES string of the molecule is COC1CCCCCC1NCc1ccsc1.Cl. The number of hydrogen-bond acceptors (Lipinski definition) is 3. The molecule has 1 aromatic heterocycles. The van der Waals surface area contributed by atoms with Crippen LogP contribution in [-0.4, -0.2) is 19.3 Å². The summed E-state index contributed by atoms with van der Waals surface area (Å²) >= 11 is 1.77. The summed E-state index contributed by atoms with van der Waals surface area (Å²) in [6, 6.07) is 2.73. The van der Waals surface area contributed by atoms with Crippen LogP contribution in [0, 0.1) is 0 Å². The average Bonchev–Trinajstić information content (AvgIpc) is 2.71. The lowest BCUT2D eigenvalue weighted by Crippen LogP contribution is -2.39. The number of halogens is 1. The minimum Gasteiger partial charge on any atom is -0.380 e. The summed E-state index contributed by atoms with van der Waals surface area (Å²) in [6.07, 6.45) is 6.87. The zero-order valence-electron chi connectivity index (χ0n) is 10.4. The first kappa shape index (κ1) is 15.0. The maximum atomic E-state index is 5.59. The topological polar surface area (TPSA) is 21.3 Å². The molecule has 0 amide bonds. The molecule has 1 aliphatic carbocycles. The number of rotatable bonds is 4. The Bertz CT molecular complexity index is 292. The molecule has 2 atom stereocenters. The molecular weight excluding hydrogens is 254 g/mol. The molecule has 1 heterocycles. The first-order chi connectivity index (χ1) is 7.90. The Hall–Kier alpha value is -0.0900. The van der Waals surface area contributed by atoms with Gasteiger partial charge in [-0.3, -0.25) is 0 Å². The second kappa shape index (κ2) is 8.09. The van der Waals surface area contributed by atoms with Gasteiger partial charge in [-0.1, -0.05) is 19.3 Å². The molecule has 1 aliphatic rings. The van der Waals surface area contributed by atoms with E-state index in [0.717, 1.165) is 6.54 Å². The van der Waals surface area contributed by atoms with Crippen LogP contribution in [0.2, 0.25) is 0 Å². The summed E-state index contributed by atoms with van der Waals surface area (Å²) in [4.78, 5) is 0. The van der Waals surface area contributed by atoms with Gasteiger partial charge in [-0.25, -0.2) is 0 Å². The van der Waals surface area contributed by atoms with Crippen molar-refractivity contribution in [2.45, 2.75) is 50.8 Å². The summed E-state index contributed by atoms with van der Waals surface area (Å²) in [5.74, 6) is 0. The highest BCUT2D eigenvalue weighted by atomic mass is 35.5. The molecule has 0 bridgehead atoms. The van der Waals surface area contributed by atoms with Crippen LogP contribution in [0.4, 0.5) is 0 Å². The fourth-order valence-corrected chi connectivity index (χ4v) is 3.10. The van der Waals surface area contributed by atoms with Crippen molar-refractivity contribution >= 4 is 23.7 Å². The molecule has 1 fully saturated rings. The zero-order chi connectivity index (χ0) is 11.2. The van der Waals surface area contributed by atoms with Crippen LogP contribution in [-0.2, 0) is 11.3 Å². The number of nitrogens with one attached hydrogen (secondary N) is 1. The molecule has 98 valence electrons. The monoisotopic (exact) mass is 275 g/mol. The van der Waals surface area contributed by atoms with Crippen molar-refractivity contribution < 1.29 is 4.74 Å². The Morgan fingerprint density at radius 1 is 1.35 bits per heavy atom. The fourth-order valence-electron chi connectivity index (χ4n) is 2.43. The van der Waals surface area contributed by atoms with E-state index in [1.165, 1.54) is 37.7 Å². The number of methoxy groups -OCH3 is 1. The van der Waals surface area contributed by atoms with E-state index in [4.69, 9.17) is 4.74 Å². The molecule has 17 heavy (non-hydrogen) atoms. The first-order valence-electron chi connectivity index (χ1n) is 6.17. The highest BCUT2D eigenvalue weighted by Crippen LogP contribution is 2.20. The second-order valence-electron chi connectivity index (χ2n) is 4.53. The largest absolute Gasteiger partial charge is 0.380 e. The molecule has 2 rings (SSSR count). The first-order valence-corrected chi connectivity index (χ1v) is 7.11. The van der Waals surface area contributed by atoms with E-state index in [9.17, 15) is 0 Å². The molecule has 1 aromatic rings. The van der Waals surface area contributed by atoms with Crippen LogP contribution in [0.15, 0.2) is 16.8 Å². The molecule has 0 radical (unpaired) electrons. The highest BCUT2D eigenvalue weighted by Gasteiger charge is 2.22. The average molecular weight is 276 g/mol. The zero-order valence-corrected chi connectivity index (χ0v) is 12.0. The fraction of sp³-hybridized carbons (Fsp3) is 0.692. The van der Waals surface area contributed by atoms with Gasteiger partial charge in [-0.2, -0.15) is 11.3 Å². The van der Waals surface area contributed by atoms with Crippen molar-refractivity contribution in [1.82, 2.24) is 5.32 Å². The van der Waals surface area contributed by atoms with Crippen LogP contribution in [0.5, 0.6) is 0 Å². The Morgan fingerprint density at radius 3 is 2.88 bits per heavy atom. The van der Waals surface area contributed by atoms with E-state index in [-0.39, 0.29) is 12.4 Å². The van der Waals surface area contributed by atoms with Crippen molar-refractivity contribution in [3.8, 4) is 0 Å². The maximum absolute atomic E-state index is 5.59. The molecule has 1 N–H and O–H groups in total. The van der Waals surface area contributed by atoms with E-state index in [1.807, 2.05) is 7.11 Å². The van der Waals surface area contributed by atoms with Gasteiger partial charge < -0.3 is 10.1 Å². The number of hydrogen-bond donors (Lipinski definition) is 1. The molecule has 2 nitrogen and oxygen atoms in total. The van der Waals surface area contributed by atoms with Gasteiger partial charge in [0.1, 0.15) is 0 Å². The lowest BCUT2D eigenvalue weighted by Gasteiger charge is -2.24. The van der Waals surface area contributed by atoms with Gasteiger partial charge in [-0.05, 0) is 35.2 Å². The second-order valence-corrected chi connectivity index (χ2v) is 5.31. The molecular formula is C13H22ClNOS. The van der Waals surface area contributed by atoms with Gasteiger partial charge in [-0.15, -0.1) is 12.4 Å². The molecule has 0 aromatic carbocycles. The van der Waals surface area contributed by atoms with Crippen LogP contribution in [0.25, 0.3) is 0 Å². The Morgan fingerprint density at radius 2 is 2.18 bits per heavy atom. The Balaban J connectivity index is 0.00000144. The number of ether oxygens (including phenoxy) is 1. The summed E-state index contributed by atoms with van der Waals surface area (Å²) in [5.41, 5.74) is 1.39. The van der Waals surface area contributed by atoms with Gasteiger partial charge in [0.25, 0.3) is 0 Å². The predicted octanol–water partition coefficient (Wildman–Crippen LogP) is 3.61. The van der Waals surface area contributed by atoms with Gasteiger partial charge in [0.2, 0.25) is 0 Å². The Kier molecular flexibility index (Phi) is 7.12. The van der Waals surface area contributed by atoms with Crippen molar-refractivity contribution in [2.75, 3.05) is 7.11 Å². The smallest absolute Gasteiger partial charge is 0.0724 e. The molecule has 4 heteroatoms. The van der Waals surface area contributed by atoms with E-state index in [1.54, 1.807) is 11.3 Å². The molecule has 0 spiro atoms. The van der Waals surface area contributed by atoms with E-state index < -0.39 is 0 Å². The van der Waals surface area contributed by atoms with Crippen molar-refractivity contribution in [1.29, 1.82) is 0 Å². The lowest BCUT2D eigenvalue weighted by atomic mass is 10.1. The third kappa shape index (κ3) is 4.59. The molecule has 0 saturated heterocycles. The third-order valence-electron chi connectivity index (χ3n) is 3.40.